The molecule has 224 valence electrons. The van der Waals surface area contributed by atoms with E-state index in [0.717, 1.165) is 16.0 Å². The predicted molar refractivity (Wildman–Crippen MR) is 140 cm³/mol. The van der Waals surface area contributed by atoms with Crippen LogP contribution in [0.5, 0.6) is 0 Å². The van der Waals surface area contributed by atoms with Crippen molar-refractivity contribution < 1.29 is 40.7 Å². The van der Waals surface area contributed by atoms with Gasteiger partial charge in [0.05, 0.1) is 28.3 Å². The quantitative estimate of drug-likeness (QED) is 0.354. The highest BCUT2D eigenvalue weighted by Crippen LogP contribution is 2.49. The number of rotatable bonds is 3. The number of fused-ring (bicyclic) bond motifs is 1. The van der Waals surface area contributed by atoms with E-state index < -0.39 is 47.0 Å². The van der Waals surface area contributed by atoms with Crippen molar-refractivity contribution in [3.8, 4) is 0 Å². The first kappa shape index (κ1) is 29.7. The van der Waals surface area contributed by atoms with Crippen molar-refractivity contribution in [3.63, 3.8) is 0 Å². The SMILES string of the molecule is Cc1ccccc1[C@H]1C2=CC3(CCOCC3)C(=O)N2C=CN1C(=O)N(C)[C@H](C)c1cc(C(F)(F)F)cc(C(F)(F)F)c1. The van der Waals surface area contributed by atoms with E-state index in [1.54, 1.807) is 6.07 Å². The first-order valence-corrected chi connectivity index (χ1v) is 13.4. The lowest BCUT2D eigenvalue weighted by atomic mass is 9.80. The van der Waals surface area contributed by atoms with Crippen molar-refractivity contribution in [3.05, 3.63) is 94.5 Å². The van der Waals surface area contributed by atoms with Gasteiger partial charge in [0.2, 0.25) is 5.91 Å². The highest BCUT2D eigenvalue weighted by atomic mass is 19.4. The molecule has 2 aromatic rings. The molecule has 0 radical (unpaired) electrons. The molecule has 12 heteroatoms. The van der Waals surface area contributed by atoms with Crippen molar-refractivity contribution in [2.24, 2.45) is 5.41 Å². The van der Waals surface area contributed by atoms with Gasteiger partial charge in [-0.1, -0.05) is 24.3 Å². The molecule has 1 spiro atoms. The standard InChI is InChI=1S/C30H29F6N3O3/c1-18-6-4-5-7-23(18)25-24-17-28(8-12-42-13-9-28)26(40)38(24)10-11-39(25)27(41)37(3)19(2)20-14-21(29(31,32)33)16-22(15-20)30(34,35)36/h4-7,10-11,14-17,19,25H,8-9,12-13H2,1-3H3/t19-,25+/m1/s1. The second-order valence-corrected chi connectivity index (χ2v) is 10.9. The van der Waals surface area contributed by atoms with Crippen molar-refractivity contribution in [1.29, 1.82) is 0 Å². The molecule has 2 aromatic carbocycles. The molecule has 0 aromatic heterocycles. The molecule has 3 aliphatic heterocycles. The first-order chi connectivity index (χ1) is 19.6. The van der Waals surface area contributed by atoms with E-state index in [1.165, 1.54) is 36.2 Å². The molecular weight excluding hydrogens is 564 g/mol. The van der Waals surface area contributed by atoms with Gasteiger partial charge in [0, 0.05) is 32.7 Å². The number of hydrogen-bond donors (Lipinski definition) is 0. The number of urea groups is 1. The highest BCUT2D eigenvalue weighted by molar-refractivity contribution is 5.92. The van der Waals surface area contributed by atoms with Gasteiger partial charge >= 0.3 is 18.4 Å². The Morgan fingerprint density at radius 3 is 2.17 bits per heavy atom. The smallest absolute Gasteiger partial charge is 0.381 e. The molecule has 5 rings (SSSR count). The van der Waals surface area contributed by atoms with Gasteiger partial charge in [0.25, 0.3) is 0 Å². The fourth-order valence-corrected chi connectivity index (χ4v) is 5.77. The van der Waals surface area contributed by atoms with E-state index in [0.29, 0.717) is 43.9 Å². The third kappa shape index (κ3) is 5.16. The van der Waals surface area contributed by atoms with E-state index in [1.807, 2.05) is 31.2 Å². The molecule has 6 nitrogen and oxygen atoms in total. The molecule has 1 fully saturated rings. The van der Waals surface area contributed by atoms with Crippen LogP contribution >= 0.6 is 0 Å². The van der Waals surface area contributed by atoms with Crippen LogP contribution < -0.4 is 0 Å². The number of aryl methyl sites for hydroxylation is 1. The molecule has 42 heavy (non-hydrogen) atoms. The lowest BCUT2D eigenvalue weighted by Gasteiger charge is -2.40. The Kier molecular flexibility index (Phi) is 7.41. The Morgan fingerprint density at radius 2 is 1.60 bits per heavy atom. The number of carbonyl (C=O) groups excluding carboxylic acids is 2. The molecular formula is C30H29F6N3O3. The van der Waals surface area contributed by atoms with Gasteiger partial charge in [0.15, 0.2) is 0 Å². The molecule has 2 atom stereocenters. The molecule has 0 N–H and O–H groups in total. The van der Waals surface area contributed by atoms with Crippen LogP contribution in [0.1, 0.15) is 59.7 Å². The lowest BCUT2D eigenvalue weighted by molar-refractivity contribution is -0.143. The molecule has 3 heterocycles. The number of nitrogens with zero attached hydrogens (tertiary/aromatic N) is 3. The summed E-state index contributed by atoms with van der Waals surface area (Å²) in [4.78, 5) is 31.6. The van der Waals surface area contributed by atoms with Crippen molar-refractivity contribution in [2.45, 2.75) is 51.1 Å². The van der Waals surface area contributed by atoms with E-state index in [2.05, 4.69) is 0 Å². The number of amides is 3. The summed E-state index contributed by atoms with van der Waals surface area (Å²) in [6.45, 7) is 4.03. The van der Waals surface area contributed by atoms with E-state index in [9.17, 15) is 35.9 Å². The van der Waals surface area contributed by atoms with Gasteiger partial charge in [-0.25, -0.2) is 4.79 Å². The summed E-state index contributed by atoms with van der Waals surface area (Å²) >= 11 is 0. The summed E-state index contributed by atoms with van der Waals surface area (Å²) in [5.41, 5.74) is -1.90. The third-order valence-electron chi connectivity index (χ3n) is 8.35. The summed E-state index contributed by atoms with van der Waals surface area (Å²) in [5.74, 6) is -0.131. The average Bonchev–Trinajstić information content (AvgIpc) is 3.21. The maximum Gasteiger partial charge on any atom is 0.416 e. The first-order valence-electron chi connectivity index (χ1n) is 13.4. The number of ether oxygens (including phenoxy) is 1. The molecule has 1 saturated heterocycles. The largest absolute Gasteiger partial charge is 0.416 e. The van der Waals surface area contributed by atoms with Crippen LogP contribution in [-0.2, 0) is 21.9 Å². The van der Waals surface area contributed by atoms with Crippen molar-refractivity contribution in [2.75, 3.05) is 20.3 Å². The van der Waals surface area contributed by atoms with Crippen LogP contribution in [0, 0.1) is 12.3 Å². The highest BCUT2D eigenvalue weighted by Gasteiger charge is 2.51. The summed E-state index contributed by atoms with van der Waals surface area (Å²) in [5, 5.41) is 0. The Bertz CT molecular complexity index is 1430. The second-order valence-electron chi connectivity index (χ2n) is 10.9. The molecule has 3 aliphatic rings. The minimum Gasteiger partial charge on any atom is -0.381 e. The van der Waals surface area contributed by atoms with Crippen LogP contribution in [0.25, 0.3) is 0 Å². The maximum atomic E-state index is 14.0. The minimum atomic E-state index is -5.02. The minimum absolute atomic E-state index is 0.0595. The monoisotopic (exact) mass is 593 g/mol. The average molecular weight is 594 g/mol. The number of alkyl halides is 6. The van der Waals surface area contributed by atoms with E-state index in [-0.39, 0.29) is 17.5 Å². The Labute approximate surface area is 238 Å². The summed E-state index contributed by atoms with van der Waals surface area (Å²) < 4.78 is 86.6. The van der Waals surface area contributed by atoms with Crippen LogP contribution in [0.4, 0.5) is 31.1 Å². The fourth-order valence-electron chi connectivity index (χ4n) is 5.77. The van der Waals surface area contributed by atoms with E-state index in [4.69, 9.17) is 4.74 Å². The van der Waals surface area contributed by atoms with Crippen LogP contribution in [0.2, 0.25) is 0 Å². The van der Waals surface area contributed by atoms with Gasteiger partial charge in [0.1, 0.15) is 6.04 Å². The number of hydrogen-bond acceptors (Lipinski definition) is 3. The molecule has 3 amide bonds. The van der Waals surface area contributed by atoms with Crippen LogP contribution in [-0.4, -0.2) is 46.9 Å². The predicted octanol–water partition coefficient (Wildman–Crippen LogP) is 7.20. The fraction of sp³-hybridized carbons (Fsp3) is 0.400. The molecule has 0 saturated carbocycles. The van der Waals surface area contributed by atoms with Gasteiger partial charge in [-0.15, -0.1) is 0 Å². The Hall–Kier alpha value is -3.80. The van der Waals surface area contributed by atoms with Gasteiger partial charge in [-0.05, 0) is 67.7 Å². The molecule has 0 bridgehead atoms. The Balaban J connectivity index is 1.55. The zero-order valence-corrected chi connectivity index (χ0v) is 23.1. The lowest BCUT2D eigenvalue weighted by Crippen LogP contribution is -2.46. The van der Waals surface area contributed by atoms with Gasteiger partial charge in [-0.2, -0.15) is 26.3 Å². The van der Waals surface area contributed by atoms with E-state index >= 15 is 0 Å². The van der Waals surface area contributed by atoms with Gasteiger partial charge in [-0.3, -0.25) is 14.6 Å². The Morgan fingerprint density at radius 1 is 1.00 bits per heavy atom. The van der Waals surface area contributed by atoms with Crippen LogP contribution in [0.3, 0.4) is 0 Å². The summed E-state index contributed by atoms with van der Waals surface area (Å²) in [6.07, 6.45) is -4.29. The summed E-state index contributed by atoms with van der Waals surface area (Å²) in [7, 11) is 1.32. The maximum absolute atomic E-state index is 14.0. The molecule has 0 unspecified atom stereocenters. The van der Waals surface area contributed by atoms with Crippen molar-refractivity contribution >= 4 is 11.9 Å². The normalized spacial score (nSPS) is 20.9. The number of benzene rings is 2. The zero-order valence-electron chi connectivity index (χ0n) is 23.1. The second kappa shape index (κ2) is 10.5. The van der Waals surface area contributed by atoms with Crippen LogP contribution in [0.15, 0.2) is 66.6 Å². The van der Waals surface area contributed by atoms with Gasteiger partial charge < -0.3 is 9.64 Å². The topological polar surface area (TPSA) is 53.1 Å². The zero-order chi connectivity index (χ0) is 30.6. The summed E-state index contributed by atoms with van der Waals surface area (Å²) in [6, 6.07) is 6.02. The number of carbonyl (C=O) groups is 2. The third-order valence-corrected chi connectivity index (χ3v) is 8.35. The molecule has 0 aliphatic carbocycles. The van der Waals surface area contributed by atoms with Crippen molar-refractivity contribution in [1.82, 2.24) is 14.7 Å². The number of halogens is 6.